The van der Waals surface area contributed by atoms with Gasteiger partial charge in [-0.25, -0.2) is 18.9 Å². The minimum atomic E-state index is -3.35. The van der Waals surface area contributed by atoms with Crippen LogP contribution in [0.25, 0.3) is 0 Å². The molecule has 0 aromatic heterocycles. The van der Waals surface area contributed by atoms with Crippen LogP contribution >= 0.6 is 0 Å². The predicted molar refractivity (Wildman–Crippen MR) is 30.6 cm³/mol. The molecule has 1 radical (unpaired) electrons. The van der Waals surface area contributed by atoms with E-state index >= 15 is 0 Å². The predicted octanol–water partition coefficient (Wildman–Crippen LogP) is -1.14. The van der Waals surface area contributed by atoms with Gasteiger partial charge < -0.3 is 0 Å². The van der Waals surface area contributed by atoms with Crippen molar-refractivity contribution in [1.82, 2.24) is 5.32 Å². The summed E-state index contributed by atoms with van der Waals surface area (Å²) in [4.78, 5) is 0. The quantitative estimate of drug-likeness (QED) is 0.533. The topological polar surface area (TPSA) is 74.3 Å². The molecule has 0 unspecified atom stereocenters. The summed E-state index contributed by atoms with van der Waals surface area (Å²) in [5.74, 6) is -0.260. The summed E-state index contributed by atoms with van der Waals surface area (Å²) in [6.07, 6.45) is 0. The first-order valence-corrected chi connectivity index (χ1v) is 3.91. The van der Waals surface area contributed by atoms with Gasteiger partial charge in [-0.1, -0.05) is 6.92 Å². The minimum Gasteiger partial charge on any atom is -0.228 e. The summed E-state index contributed by atoms with van der Waals surface area (Å²) >= 11 is 0. The number of rotatable bonds is 3. The first-order chi connectivity index (χ1) is 3.56. The lowest BCUT2D eigenvalue weighted by molar-refractivity contribution is 0.589. The first kappa shape index (κ1) is 7.87. The molecule has 49 valence electrons. The lowest BCUT2D eigenvalue weighted by Gasteiger charge is -1.92. The van der Waals surface area contributed by atoms with E-state index in [1.54, 1.807) is 6.92 Å². The largest absolute Gasteiger partial charge is 0.228 e. The lowest BCUT2D eigenvalue weighted by atomic mass is 10.8. The second-order valence-corrected chi connectivity index (χ2v) is 2.92. The van der Waals surface area contributed by atoms with Gasteiger partial charge >= 0.3 is 0 Å². The maximum atomic E-state index is 10.1. The van der Waals surface area contributed by atoms with Crippen LogP contribution < -0.4 is 10.5 Å². The lowest BCUT2D eigenvalue weighted by Crippen LogP contribution is -2.23. The van der Waals surface area contributed by atoms with Crippen molar-refractivity contribution in [3.63, 3.8) is 0 Å². The van der Waals surface area contributed by atoms with E-state index in [-0.39, 0.29) is 5.88 Å². The van der Waals surface area contributed by atoms with Gasteiger partial charge in [-0.15, -0.1) is 0 Å². The highest BCUT2D eigenvalue weighted by atomic mass is 32.2. The molecule has 0 atom stereocenters. The highest BCUT2D eigenvalue weighted by Gasteiger charge is 1.98. The SMILES string of the molecule is CC[N]CS(N)(=O)=O. The van der Waals surface area contributed by atoms with Crippen molar-refractivity contribution >= 4 is 10.0 Å². The van der Waals surface area contributed by atoms with Crippen molar-refractivity contribution in [2.75, 3.05) is 12.4 Å². The Morgan fingerprint density at radius 1 is 1.62 bits per heavy atom. The molecular formula is C3H9N2O2S. The Hall–Kier alpha value is -0.130. The van der Waals surface area contributed by atoms with Crippen molar-refractivity contribution in [2.24, 2.45) is 5.14 Å². The Labute approximate surface area is 49.1 Å². The zero-order chi connectivity index (χ0) is 6.62. The third kappa shape index (κ3) is 5.87. The standard InChI is InChI=1S/C3H9N2O2S/c1-2-5-3-8(4,6)7/h2-3H2,1H3,(H2,4,6,7). The molecule has 0 amide bonds. The summed E-state index contributed by atoms with van der Waals surface area (Å²) in [5.41, 5.74) is 0. The number of nitrogens with zero attached hydrogens (tertiary/aromatic N) is 1. The number of primary sulfonamides is 1. The molecule has 0 aliphatic rings. The van der Waals surface area contributed by atoms with E-state index in [1.807, 2.05) is 0 Å². The smallest absolute Gasteiger partial charge is 0.223 e. The zero-order valence-corrected chi connectivity index (χ0v) is 5.48. The van der Waals surface area contributed by atoms with E-state index in [4.69, 9.17) is 0 Å². The third-order valence-corrected chi connectivity index (χ3v) is 1.04. The van der Waals surface area contributed by atoms with Crippen LogP contribution in [0, 0.1) is 0 Å². The highest BCUT2D eigenvalue weighted by Crippen LogP contribution is 1.70. The Kier molecular flexibility index (Phi) is 2.96. The Morgan fingerprint density at radius 3 is 2.25 bits per heavy atom. The van der Waals surface area contributed by atoms with E-state index in [0.717, 1.165) is 0 Å². The van der Waals surface area contributed by atoms with Gasteiger partial charge in [0.1, 0.15) is 5.88 Å². The molecular weight excluding hydrogens is 128 g/mol. The van der Waals surface area contributed by atoms with Crippen molar-refractivity contribution < 1.29 is 8.42 Å². The van der Waals surface area contributed by atoms with Gasteiger partial charge in [0, 0.05) is 6.54 Å². The molecule has 4 nitrogen and oxygen atoms in total. The Bertz CT molecular complexity index is 139. The highest BCUT2D eigenvalue weighted by molar-refractivity contribution is 7.89. The van der Waals surface area contributed by atoms with Crippen molar-refractivity contribution in [2.45, 2.75) is 6.92 Å². The Morgan fingerprint density at radius 2 is 2.12 bits per heavy atom. The second-order valence-electron chi connectivity index (χ2n) is 1.33. The molecule has 0 saturated heterocycles. The van der Waals surface area contributed by atoms with Gasteiger partial charge in [0.05, 0.1) is 0 Å². The van der Waals surface area contributed by atoms with Crippen molar-refractivity contribution in [1.29, 1.82) is 0 Å². The van der Waals surface area contributed by atoms with Gasteiger partial charge in [-0.3, -0.25) is 0 Å². The van der Waals surface area contributed by atoms with Gasteiger partial charge in [0.15, 0.2) is 0 Å². The van der Waals surface area contributed by atoms with Crippen LogP contribution in [0.15, 0.2) is 0 Å². The summed E-state index contributed by atoms with van der Waals surface area (Å²) in [6, 6.07) is 0. The number of nitrogens with two attached hydrogens (primary N) is 1. The zero-order valence-electron chi connectivity index (χ0n) is 4.66. The molecule has 0 aromatic carbocycles. The molecule has 5 heteroatoms. The van der Waals surface area contributed by atoms with Gasteiger partial charge in [-0.2, -0.15) is 0 Å². The molecule has 0 rings (SSSR count). The van der Waals surface area contributed by atoms with Crippen LogP contribution in [0.3, 0.4) is 0 Å². The molecule has 0 heterocycles. The molecule has 8 heavy (non-hydrogen) atoms. The fourth-order valence-electron chi connectivity index (χ4n) is 0.219. The number of sulfonamides is 1. The van der Waals surface area contributed by atoms with Crippen molar-refractivity contribution in [3.05, 3.63) is 0 Å². The van der Waals surface area contributed by atoms with Crippen LogP contribution in [0.1, 0.15) is 6.92 Å². The fraction of sp³-hybridized carbons (Fsp3) is 1.00. The van der Waals surface area contributed by atoms with Gasteiger partial charge in [-0.05, 0) is 0 Å². The number of hydrogen-bond acceptors (Lipinski definition) is 2. The van der Waals surface area contributed by atoms with Gasteiger partial charge in [0.25, 0.3) is 0 Å². The van der Waals surface area contributed by atoms with E-state index in [9.17, 15) is 8.42 Å². The molecule has 0 aliphatic carbocycles. The molecule has 2 N–H and O–H groups in total. The van der Waals surface area contributed by atoms with Crippen LogP contribution in [0.2, 0.25) is 0 Å². The summed E-state index contributed by atoms with van der Waals surface area (Å²) in [7, 11) is -3.35. The average molecular weight is 137 g/mol. The average Bonchev–Trinajstić information content (AvgIpc) is 1.59. The summed E-state index contributed by atoms with van der Waals surface area (Å²) in [5, 5.41) is 8.13. The van der Waals surface area contributed by atoms with Crippen LogP contribution in [0.4, 0.5) is 0 Å². The molecule has 0 bridgehead atoms. The molecule has 0 aromatic rings. The maximum absolute atomic E-state index is 10.1. The summed E-state index contributed by atoms with van der Waals surface area (Å²) < 4.78 is 20.1. The fourth-order valence-corrected chi connectivity index (χ4v) is 0.656. The van der Waals surface area contributed by atoms with E-state index in [1.165, 1.54) is 0 Å². The molecule has 0 saturated carbocycles. The monoisotopic (exact) mass is 137 g/mol. The molecule has 0 spiro atoms. The van der Waals surface area contributed by atoms with Crippen LogP contribution in [0.5, 0.6) is 0 Å². The van der Waals surface area contributed by atoms with Crippen molar-refractivity contribution in [3.8, 4) is 0 Å². The third-order valence-electron chi connectivity index (χ3n) is 0.495. The minimum absolute atomic E-state index is 0.260. The summed E-state index contributed by atoms with van der Waals surface area (Å²) in [6.45, 7) is 2.25. The van der Waals surface area contributed by atoms with E-state index < -0.39 is 10.0 Å². The normalized spacial score (nSPS) is 11.8. The maximum Gasteiger partial charge on any atom is 0.223 e. The molecule has 0 fully saturated rings. The van der Waals surface area contributed by atoms with E-state index in [0.29, 0.717) is 6.54 Å². The van der Waals surface area contributed by atoms with E-state index in [2.05, 4.69) is 10.5 Å². The van der Waals surface area contributed by atoms with Gasteiger partial charge in [0.2, 0.25) is 10.0 Å². The second kappa shape index (κ2) is 3.01. The van der Waals surface area contributed by atoms with Crippen LogP contribution in [-0.2, 0) is 10.0 Å². The first-order valence-electron chi connectivity index (χ1n) is 2.20. The Balaban J connectivity index is 3.42. The van der Waals surface area contributed by atoms with Crippen LogP contribution in [-0.4, -0.2) is 20.8 Å². The molecule has 0 aliphatic heterocycles. The number of hydrogen-bond donors (Lipinski definition) is 1.